The highest BCUT2D eigenvalue weighted by Crippen LogP contribution is 2.37. The lowest BCUT2D eigenvalue weighted by atomic mass is 10.1. The predicted octanol–water partition coefficient (Wildman–Crippen LogP) is 7.46. The Labute approximate surface area is 245 Å². The van der Waals surface area contributed by atoms with Crippen LogP contribution in [0.4, 0.5) is 4.79 Å². The molecule has 0 bridgehead atoms. The van der Waals surface area contributed by atoms with Gasteiger partial charge in [0.25, 0.3) is 11.1 Å². The highest BCUT2D eigenvalue weighted by Gasteiger charge is 2.35. The van der Waals surface area contributed by atoms with Gasteiger partial charge in [0, 0.05) is 5.39 Å². The molecular formula is C31H26INO5S. The van der Waals surface area contributed by atoms with E-state index in [1.54, 1.807) is 13.2 Å². The number of thioether (sulfide) groups is 1. The van der Waals surface area contributed by atoms with Crippen molar-refractivity contribution in [1.82, 2.24) is 4.90 Å². The Balaban J connectivity index is 1.26. The van der Waals surface area contributed by atoms with Crippen molar-refractivity contribution in [2.75, 3.05) is 20.3 Å². The number of halogens is 1. The van der Waals surface area contributed by atoms with Crippen molar-refractivity contribution in [3.8, 4) is 17.2 Å². The molecule has 0 saturated carbocycles. The zero-order valence-electron chi connectivity index (χ0n) is 21.5. The first-order valence-corrected chi connectivity index (χ1v) is 14.2. The van der Waals surface area contributed by atoms with Gasteiger partial charge >= 0.3 is 0 Å². The summed E-state index contributed by atoms with van der Waals surface area (Å²) in [6.07, 6.45) is 1.71. The van der Waals surface area contributed by atoms with Crippen LogP contribution in [0.25, 0.3) is 16.8 Å². The fraction of sp³-hybridized carbons (Fsp3) is 0.161. The molecule has 1 fully saturated rings. The predicted molar refractivity (Wildman–Crippen MR) is 163 cm³/mol. The van der Waals surface area contributed by atoms with E-state index >= 15 is 0 Å². The van der Waals surface area contributed by atoms with Crippen LogP contribution < -0.4 is 14.2 Å². The second-order valence-electron chi connectivity index (χ2n) is 8.97. The average molecular weight is 652 g/mol. The molecule has 198 valence electrons. The number of rotatable bonds is 9. The van der Waals surface area contributed by atoms with Gasteiger partial charge in [0.2, 0.25) is 0 Å². The SMILES string of the molecule is COc1cc(/C=C2\SC(=O)N(CCOc3cccc4ccccc34)C2=O)cc(I)c1OCc1ccc(C)cc1. The molecule has 1 saturated heterocycles. The van der Waals surface area contributed by atoms with Crippen molar-refractivity contribution in [2.24, 2.45) is 0 Å². The first-order valence-electron chi connectivity index (χ1n) is 12.3. The van der Waals surface area contributed by atoms with Gasteiger partial charge in [0.15, 0.2) is 11.5 Å². The van der Waals surface area contributed by atoms with Crippen LogP contribution in [0.15, 0.2) is 83.8 Å². The second kappa shape index (κ2) is 12.1. The van der Waals surface area contributed by atoms with Gasteiger partial charge in [-0.3, -0.25) is 14.5 Å². The van der Waals surface area contributed by atoms with Crippen LogP contribution in [0.3, 0.4) is 0 Å². The Hall–Kier alpha value is -3.50. The van der Waals surface area contributed by atoms with Crippen LogP contribution in [0, 0.1) is 10.5 Å². The summed E-state index contributed by atoms with van der Waals surface area (Å²) in [5, 5.41) is 1.75. The number of benzene rings is 4. The first kappa shape index (κ1) is 27.1. The van der Waals surface area contributed by atoms with Gasteiger partial charge in [-0.15, -0.1) is 0 Å². The topological polar surface area (TPSA) is 65.1 Å². The number of ether oxygens (including phenoxy) is 3. The maximum absolute atomic E-state index is 13.1. The van der Waals surface area contributed by atoms with Crippen molar-refractivity contribution < 1.29 is 23.8 Å². The van der Waals surface area contributed by atoms with Gasteiger partial charge in [-0.05, 0) is 82.1 Å². The van der Waals surface area contributed by atoms with Gasteiger partial charge in [-0.25, -0.2) is 0 Å². The largest absolute Gasteiger partial charge is 0.493 e. The molecule has 0 atom stereocenters. The molecule has 4 aromatic rings. The lowest BCUT2D eigenvalue weighted by Gasteiger charge is -2.15. The number of carbonyl (C=O) groups is 2. The van der Waals surface area contributed by atoms with Gasteiger partial charge in [-0.1, -0.05) is 66.2 Å². The number of hydrogen-bond donors (Lipinski definition) is 0. The molecule has 1 aliphatic heterocycles. The van der Waals surface area contributed by atoms with Crippen molar-refractivity contribution >= 4 is 62.3 Å². The lowest BCUT2D eigenvalue weighted by molar-refractivity contribution is -0.123. The highest BCUT2D eigenvalue weighted by molar-refractivity contribution is 14.1. The number of aryl methyl sites for hydroxylation is 1. The Morgan fingerprint density at radius 3 is 2.49 bits per heavy atom. The summed E-state index contributed by atoms with van der Waals surface area (Å²) >= 11 is 3.12. The van der Waals surface area contributed by atoms with E-state index in [0.29, 0.717) is 23.0 Å². The van der Waals surface area contributed by atoms with Crippen LogP contribution in [0.1, 0.15) is 16.7 Å². The first-order chi connectivity index (χ1) is 18.9. The van der Waals surface area contributed by atoms with E-state index in [9.17, 15) is 9.59 Å². The van der Waals surface area contributed by atoms with E-state index in [1.807, 2.05) is 85.8 Å². The molecule has 0 radical (unpaired) electrons. The van der Waals surface area contributed by atoms with Crippen LogP contribution in [0.5, 0.6) is 17.2 Å². The van der Waals surface area contributed by atoms with E-state index in [2.05, 4.69) is 22.6 Å². The van der Waals surface area contributed by atoms with Crippen LogP contribution >= 0.6 is 34.4 Å². The van der Waals surface area contributed by atoms with Gasteiger partial charge in [0.1, 0.15) is 19.0 Å². The number of imide groups is 1. The van der Waals surface area contributed by atoms with E-state index in [0.717, 1.165) is 43.0 Å². The van der Waals surface area contributed by atoms with Crippen LogP contribution in [-0.2, 0) is 11.4 Å². The fourth-order valence-electron chi connectivity index (χ4n) is 4.22. The van der Waals surface area contributed by atoms with Crippen molar-refractivity contribution in [3.05, 3.63) is 104 Å². The molecule has 0 aliphatic carbocycles. The Morgan fingerprint density at radius 2 is 1.69 bits per heavy atom. The summed E-state index contributed by atoms with van der Waals surface area (Å²) in [7, 11) is 1.58. The molecule has 0 unspecified atom stereocenters. The molecule has 8 heteroatoms. The minimum absolute atomic E-state index is 0.165. The summed E-state index contributed by atoms with van der Waals surface area (Å²) in [4.78, 5) is 27.3. The Kier molecular flexibility index (Phi) is 8.42. The summed E-state index contributed by atoms with van der Waals surface area (Å²) < 4.78 is 18.4. The third-order valence-electron chi connectivity index (χ3n) is 6.25. The van der Waals surface area contributed by atoms with Crippen molar-refractivity contribution in [1.29, 1.82) is 0 Å². The van der Waals surface area contributed by atoms with Crippen LogP contribution in [0.2, 0.25) is 0 Å². The third kappa shape index (κ3) is 6.23. The minimum atomic E-state index is -0.333. The minimum Gasteiger partial charge on any atom is -0.493 e. The molecule has 1 heterocycles. The monoisotopic (exact) mass is 651 g/mol. The molecule has 4 aromatic carbocycles. The summed E-state index contributed by atoms with van der Waals surface area (Å²) in [5.74, 6) is 1.58. The number of fused-ring (bicyclic) bond motifs is 1. The average Bonchev–Trinajstić information content (AvgIpc) is 3.20. The molecule has 5 rings (SSSR count). The lowest BCUT2D eigenvalue weighted by Crippen LogP contribution is -2.32. The normalized spacial score (nSPS) is 14.3. The zero-order chi connectivity index (χ0) is 27.4. The molecular weight excluding hydrogens is 625 g/mol. The molecule has 2 amide bonds. The van der Waals surface area contributed by atoms with Crippen molar-refractivity contribution in [3.63, 3.8) is 0 Å². The summed E-state index contributed by atoms with van der Waals surface area (Å²) in [6.45, 7) is 2.83. The zero-order valence-corrected chi connectivity index (χ0v) is 24.5. The van der Waals surface area contributed by atoms with Gasteiger partial charge < -0.3 is 14.2 Å². The number of amides is 2. The van der Waals surface area contributed by atoms with Crippen LogP contribution in [-0.4, -0.2) is 36.3 Å². The number of hydrogen-bond acceptors (Lipinski definition) is 6. The fourth-order valence-corrected chi connectivity index (χ4v) is 5.86. The number of methoxy groups -OCH3 is 1. The molecule has 6 nitrogen and oxygen atoms in total. The quantitative estimate of drug-likeness (QED) is 0.138. The highest BCUT2D eigenvalue weighted by atomic mass is 127. The van der Waals surface area contributed by atoms with Gasteiger partial charge in [0.05, 0.1) is 22.1 Å². The second-order valence-corrected chi connectivity index (χ2v) is 11.1. The molecule has 0 aromatic heterocycles. The number of carbonyl (C=O) groups excluding carboxylic acids is 2. The standard InChI is InChI=1S/C31H26INO5S/c1-20-10-12-21(13-11-20)19-38-29-25(32)16-22(17-27(29)36-2)18-28-30(34)33(31(35)39-28)14-15-37-26-9-5-7-23-6-3-4-8-24(23)26/h3-13,16-18H,14-15,19H2,1-2H3/b28-18-. The van der Waals surface area contributed by atoms with Gasteiger partial charge in [-0.2, -0.15) is 0 Å². The third-order valence-corrected chi connectivity index (χ3v) is 7.96. The molecule has 0 spiro atoms. The maximum Gasteiger partial charge on any atom is 0.293 e. The van der Waals surface area contributed by atoms with E-state index < -0.39 is 0 Å². The van der Waals surface area contributed by atoms with E-state index in [1.165, 1.54) is 10.5 Å². The summed E-state index contributed by atoms with van der Waals surface area (Å²) in [5.41, 5.74) is 2.99. The smallest absolute Gasteiger partial charge is 0.293 e. The molecule has 1 aliphatic rings. The summed E-state index contributed by atoms with van der Waals surface area (Å²) in [6, 6.07) is 25.6. The molecule has 39 heavy (non-hydrogen) atoms. The van der Waals surface area contributed by atoms with Crippen molar-refractivity contribution in [2.45, 2.75) is 13.5 Å². The van der Waals surface area contributed by atoms with E-state index in [-0.39, 0.29) is 24.3 Å². The number of nitrogens with zero attached hydrogens (tertiary/aromatic N) is 1. The van der Waals surface area contributed by atoms with E-state index in [4.69, 9.17) is 14.2 Å². The Morgan fingerprint density at radius 1 is 0.923 bits per heavy atom. The maximum atomic E-state index is 13.1. The molecule has 0 N–H and O–H groups in total. The Bertz CT molecular complexity index is 1560.